The Balaban J connectivity index is 1.94. The van der Waals surface area contributed by atoms with Crippen molar-refractivity contribution in [2.45, 2.75) is 38.3 Å². The predicted octanol–water partition coefficient (Wildman–Crippen LogP) is 2.48. The third-order valence-corrected chi connectivity index (χ3v) is 5.46. The largest absolute Gasteiger partial charge is 0.378 e. The van der Waals surface area contributed by atoms with Crippen molar-refractivity contribution in [2.75, 3.05) is 19.0 Å². The molecule has 1 aromatic carbocycles. The summed E-state index contributed by atoms with van der Waals surface area (Å²) in [6.45, 7) is 3.79. The molecule has 1 aliphatic rings. The van der Waals surface area contributed by atoms with Gasteiger partial charge in [-0.1, -0.05) is 24.0 Å². The lowest BCUT2D eigenvalue weighted by Crippen LogP contribution is -2.21. The van der Waals surface area contributed by atoms with Crippen molar-refractivity contribution in [3.8, 4) is 11.8 Å². The number of anilines is 1. The maximum atomic E-state index is 12.1. The lowest BCUT2D eigenvalue weighted by molar-refractivity contribution is -0.121. The first-order chi connectivity index (χ1) is 12.2. The number of nitrogens with one attached hydrogen (secondary N) is 1. The van der Waals surface area contributed by atoms with Gasteiger partial charge in [0.15, 0.2) is 5.13 Å². The van der Waals surface area contributed by atoms with Crippen LogP contribution >= 0.6 is 11.3 Å². The highest BCUT2D eigenvalue weighted by molar-refractivity contribution is 7.15. The van der Waals surface area contributed by atoms with Gasteiger partial charge in [0.05, 0.1) is 12.2 Å². The second-order valence-electron chi connectivity index (χ2n) is 7.17. The molecule has 3 rings (SSSR count). The molecular weight excluding hydrogens is 346 g/mol. The fraction of sp³-hybridized carbons (Fsp3) is 0.400. The number of fused-ring (bicyclic) bond motifs is 1. The molecule has 26 heavy (non-hydrogen) atoms. The van der Waals surface area contributed by atoms with Crippen molar-refractivity contribution in [3.05, 3.63) is 46.0 Å². The minimum Gasteiger partial charge on any atom is -0.378 e. The highest BCUT2D eigenvalue weighted by Crippen LogP contribution is 2.38. The van der Waals surface area contributed by atoms with E-state index in [1.165, 1.54) is 0 Å². The zero-order chi connectivity index (χ0) is 18.9. The second kappa shape index (κ2) is 7.10. The number of amides is 1. The Morgan fingerprint density at radius 2 is 2.00 bits per heavy atom. The normalized spacial score (nSPS) is 16.8. The van der Waals surface area contributed by atoms with Gasteiger partial charge in [-0.3, -0.25) is 4.79 Å². The molecule has 0 spiro atoms. The first kappa shape index (κ1) is 18.4. The number of nitrogens with zero attached hydrogens (tertiary/aromatic N) is 2. The summed E-state index contributed by atoms with van der Waals surface area (Å²) in [4.78, 5) is 19.9. The number of rotatable bonds is 2. The molecule has 0 bridgehead atoms. The Kier molecular flexibility index (Phi) is 5.03. The highest BCUT2D eigenvalue weighted by atomic mass is 32.1. The summed E-state index contributed by atoms with van der Waals surface area (Å²) in [5.74, 6) is 5.83. The van der Waals surface area contributed by atoms with Crippen molar-refractivity contribution in [3.63, 3.8) is 0 Å². The zero-order valence-electron chi connectivity index (χ0n) is 15.5. The van der Waals surface area contributed by atoms with E-state index in [9.17, 15) is 9.90 Å². The molecule has 0 saturated heterocycles. The maximum absolute atomic E-state index is 12.1. The van der Waals surface area contributed by atoms with E-state index in [4.69, 9.17) is 0 Å². The van der Waals surface area contributed by atoms with E-state index >= 15 is 0 Å². The smallest absolute Gasteiger partial charge is 0.221 e. The van der Waals surface area contributed by atoms with Crippen molar-refractivity contribution in [1.82, 2.24) is 10.3 Å². The molecule has 1 atom stereocenters. The van der Waals surface area contributed by atoms with E-state index in [-0.39, 0.29) is 11.8 Å². The molecule has 2 heterocycles. The summed E-state index contributed by atoms with van der Waals surface area (Å²) >= 11 is 1.64. The molecular formula is C20H23N3O2S. The van der Waals surface area contributed by atoms with Crippen LogP contribution in [0.5, 0.6) is 0 Å². The standard InChI is InChI=1S/C20H23N3O2S/c1-20(2,25)10-9-13-5-7-14(8-6-13)15-11-17(24)21-12-16-18(15)26-19(22-16)23(3)4/h5-8,15,25H,11-12H2,1-4H3,(H,21,24)/t15-/m0/s1. The van der Waals surface area contributed by atoms with E-state index in [0.29, 0.717) is 13.0 Å². The molecule has 1 aliphatic heterocycles. The lowest BCUT2D eigenvalue weighted by Gasteiger charge is -2.14. The van der Waals surface area contributed by atoms with Crippen LogP contribution < -0.4 is 10.2 Å². The number of benzene rings is 1. The SMILES string of the molecule is CN(C)c1nc2c(s1)[C@H](c1ccc(C#CC(C)(C)O)cc1)CC(=O)NC2. The van der Waals surface area contributed by atoms with Gasteiger partial charge in [-0.2, -0.15) is 0 Å². The number of carbonyl (C=O) groups is 1. The lowest BCUT2D eigenvalue weighted by atomic mass is 9.93. The first-order valence-corrected chi connectivity index (χ1v) is 9.34. The summed E-state index contributed by atoms with van der Waals surface area (Å²) in [5.41, 5.74) is 1.84. The molecule has 0 radical (unpaired) electrons. The Bertz CT molecular complexity index is 867. The molecule has 2 N–H and O–H groups in total. The molecule has 0 aliphatic carbocycles. The Labute approximate surface area is 158 Å². The number of aliphatic hydroxyl groups is 1. The van der Waals surface area contributed by atoms with Crippen LogP contribution in [-0.4, -0.2) is 35.7 Å². The molecule has 0 unspecified atom stereocenters. The minimum absolute atomic E-state index is 0.00464. The highest BCUT2D eigenvalue weighted by Gasteiger charge is 2.28. The third-order valence-electron chi connectivity index (χ3n) is 4.08. The number of hydrogen-bond donors (Lipinski definition) is 2. The van der Waals surface area contributed by atoms with Crippen LogP contribution in [0.2, 0.25) is 0 Å². The summed E-state index contributed by atoms with van der Waals surface area (Å²) in [6, 6.07) is 7.89. The van der Waals surface area contributed by atoms with Gasteiger partial charge in [-0.25, -0.2) is 4.98 Å². The van der Waals surface area contributed by atoms with Gasteiger partial charge in [-0.15, -0.1) is 11.3 Å². The van der Waals surface area contributed by atoms with Gasteiger partial charge in [0.25, 0.3) is 0 Å². The Hall–Kier alpha value is -2.36. The molecule has 1 aromatic heterocycles. The van der Waals surface area contributed by atoms with Gasteiger partial charge in [0, 0.05) is 36.9 Å². The summed E-state index contributed by atoms with van der Waals surface area (Å²) in [7, 11) is 3.95. The number of thiazole rings is 1. The Morgan fingerprint density at radius 1 is 1.31 bits per heavy atom. The van der Waals surface area contributed by atoms with Crippen molar-refractivity contribution in [2.24, 2.45) is 0 Å². The summed E-state index contributed by atoms with van der Waals surface area (Å²) in [5, 5.41) is 13.6. The molecule has 0 saturated carbocycles. The quantitative estimate of drug-likeness (QED) is 0.799. The number of carbonyl (C=O) groups excluding carboxylic acids is 1. The monoisotopic (exact) mass is 369 g/mol. The average Bonchev–Trinajstić information content (AvgIpc) is 2.94. The van der Waals surface area contributed by atoms with Crippen LogP contribution in [0.15, 0.2) is 24.3 Å². The van der Waals surface area contributed by atoms with E-state index in [2.05, 4.69) is 22.1 Å². The van der Waals surface area contributed by atoms with Crippen LogP contribution in [0, 0.1) is 11.8 Å². The third kappa shape index (κ3) is 4.24. The van der Waals surface area contributed by atoms with Crippen molar-refractivity contribution < 1.29 is 9.90 Å². The second-order valence-corrected chi connectivity index (χ2v) is 8.18. The van der Waals surface area contributed by atoms with Crippen molar-refractivity contribution in [1.29, 1.82) is 0 Å². The van der Waals surface area contributed by atoms with Gasteiger partial charge >= 0.3 is 0 Å². The van der Waals surface area contributed by atoms with Crippen LogP contribution in [0.1, 0.15) is 47.9 Å². The van der Waals surface area contributed by atoms with Gasteiger partial charge in [0.2, 0.25) is 5.91 Å². The van der Waals surface area contributed by atoms with Crippen LogP contribution in [0.25, 0.3) is 0 Å². The summed E-state index contributed by atoms with van der Waals surface area (Å²) < 4.78 is 0. The van der Waals surface area contributed by atoms with Crippen molar-refractivity contribution >= 4 is 22.4 Å². The van der Waals surface area contributed by atoms with Crippen LogP contribution in [0.3, 0.4) is 0 Å². The van der Waals surface area contributed by atoms with Crippen LogP contribution in [-0.2, 0) is 11.3 Å². The molecule has 0 fully saturated rings. The molecule has 2 aromatic rings. The van der Waals surface area contributed by atoms with E-state index in [1.54, 1.807) is 25.2 Å². The molecule has 136 valence electrons. The molecule has 1 amide bonds. The topological polar surface area (TPSA) is 65.5 Å². The average molecular weight is 369 g/mol. The van der Waals surface area contributed by atoms with Gasteiger partial charge in [0.1, 0.15) is 5.60 Å². The zero-order valence-corrected chi connectivity index (χ0v) is 16.3. The Morgan fingerprint density at radius 3 is 2.62 bits per heavy atom. The summed E-state index contributed by atoms with van der Waals surface area (Å²) in [6.07, 6.45) is 0.413. The van der Waals surface area contributed by atoms with Gasteiger partial charge in [-0.05, 0) is 31.5 Å². The molecule has 6 heteroatoms. The van der Waals surface area contributed by atoms with Crippen LogP contribution in [0.4, 0.5) is 5.13 Å². The van der Waals surface area contributed by atoms with Gasteiger partial charge < -0.3 is 15.3 Å². The molecule has 5 nitrogen and oxygen atoms in total. The minimum atomic E-state index is -1.02. The fourth-order valence-electron chi connectivity index (χ4n) is 2.77. The predicted molar refractivity (Wildman–Crippen MR) is 104 cm³/mol. The number of aromatic nitrogens is 1. The maximum Gasteiger partial charge on any atom is 0.221 e. The fourth-order valence-corrected chi connectivity index (χ4v) is 3.90. The number of hydrogen-bond acceptors (Lipinski definition) is 5. The van der Waals surface area contributed by atoms with E-state index < -0.39 is 5.60 Å². The first-order valence-electron chi connectivity index (χ1n) is 8.52. The van der Waals surface area contributed by atoms with E-state index in [0.717, 1.165) is 26.8 Å². The van der Waals surface area contributed by atoms with E-state index in [1.807, 2.05) is 43.3 Å².